The van der Waals surface area contributed by atoms with Crippen molar-refractivity contribution in [1.82, 2.24) is 0 Å². The van der Waals surface area contributed by atoms with Crippen LogP contribution in [-0.4, -0.2) is 12.1 Å². The number of rotatable bonds is 7. The number of benzene rings is 1. The van der Waals surface area contributed by atoms with Crippen molar-refractivity contribution >= 4 is 0 Å². The maximum Gasteiger partial charge on any atom is 0.126 e. The molecule has 0 aliphatic carbocycles. The second kappa shape index (κ2) is 7.71. The van der Waals surface area contributed by atoms with Gasteiger partial charge in [-0.2, -0.15) is 0 Å². The van der Waals surface area contributed by atoms with Gasteiger partial charge in [0.2, 0.25) is 0 Å². The molecule has 1 unspecified atom stereocenters. The Morgan fingerprint density at radius 3 is 2.47 bits per heavy atom. The molecule has 0 bridgehead atoms. The SMILES string of the molecule is CCCC[C@H](N=[N+]=[N-])C(N)Cc1cc(F)cc(F)c1. The highest BCUT2D eigenvalue weighted by Crippen LogP contribution is 2.15. The highest BCUT2D eigenvalue weighted by atomic mass is 19.1. The van der Waals surface area contributed by atoms with Gasteiger partial charge in [-0.25, -0.2) is 8.78 Å². The standard InChI is InChI=1S/C13H18F2N4/c1-2-3-4-13(18-19-17)12(16)7-9-5-10(14)8-11(15)6-9/h5-6,8,12-13H,2-4,7,16H2,1H3/t12?,13-/m0/s1. The fourth-order valence-electron chi connectivity index (χ4n) is 1.97. The summed E-state index contributed by atoms with van der Waals surface area (Å²) in [5, 5.41) is 3.67. The maximum atomic E-state index is 13.1. The van der Waals surface area contributed by atoms with Gasteiger partial charge in [-0.05, 0) is 36.1 Å². The van der Waals surface area contributed by atoms with E-state index in [9.17, 15) is 8.78 Å². The number of azide groups is 1. The fraction of sp³-hybridized carbons (Fsp3) is 0.538. The number of hydrogen-bond donors (Lipinski definition) is 1. The van der Waals surface area contributed by atoms with E-state index < -0.39 is 17.7 Å². The lowest BCUT2D eigenvalue weighted by Gasteiger charge is -2.19. The van der Waals surface area contributed by atoms with E-state index in [1.165, 1.54) is 12.1 Å². The molecule has 0 saturated heterocycles. The molecule has 0 aliphatic rings. The minimum absolute atomic E-state index is 0.280. The molecule has 6 heteroatoms. The minimum Gasteiger partial charge on any atom is -0.327 e. The van der Waals surface area contributed by atoms with E-state index in [0.717, 1.165) is 18.9 Å². The van der Waals surface area contributed by atoms with Gasteiger partial charge in [0.15, 0.2) is 0 Å². The molecule has 0 radical (unpaired) electrons. The quantitative estimate of drug-likeness (QED) is 0.457. The summed E-state index contributed by atoms with van der Waals surface area (Å²) in [6.45, 7) is 2.03. The van der Waals surface area contributed by atoms with E-state index in [2.05, 4.69) is 10.0 Å². The molecule has 0 saturated carbocycles. The first-order valence-corrected chi connectivity index (χ1v) is 6.31. The van der Waals surface area contributed by atoms with Crippen LogP contribution in [0.5, 0.6) is 0 Å². The average Bonchev–Trinajstić information content (AvgIpc) is 2.33. The minimum atomic E-state index is -0.629. The molecule has 0 aliphatic heterocycles. The monoisotopic (exact) mass is 268 g/mol. The van der Waals surface area contributed by atoms with Crippen LogP contribution in [0.15, 0.2) is 23.3 Å². The molecule has 2 N–H and O–H groups in total. The van der Waals surface area contributed by atoms with Crippen LogP contribution in [-0.2, 0) is 6.42 Å². The molecule has 4 nitrogen and oxygen atoms in total. The van der Waals surface area contributed by atoms with E-state index in [1.54, 1.807) is 0 Å². The molecule has 0 spiro atoms. The molecule has 1 aromatic carbocycles. The van der Waals surface area contributed by atoms with Crippen molar-refractivity contribution in [2.45, 2.75) is 44.7 Å². The van der Waals surface area contributed by atoms with Gasteiger partial charge >= 0.3 is 0 Å². The van der Waals surface area contributed by atoms with Gasteiger partial charge in [0.05, 0.1) is 6.04 Å². The summed E-state index contributed by atoms with van der Waals surface area (Å²) in [4.78, 5) is 2.78. The third-order valence-electron chi connectivity index (χ3n) is 2.94. The predicted octanol–water partition coefficient (Wildman–Crippen LogP) is 3.70. The van der Waals surface area contributed by atoms with Gasteiger partial charge in [0, 0.05) is 17.0 Å². The van der Waals surface area contributed by atoms with Crippen LogP contribution in [0.3, 0.4) is 0 Å². The highest BCUT2D eigenvalue weighted by molar-refractivity contribution is 5.19. The lowest BCUT2D eigenvalue weighted by Crippen LogP contribution is -2.35. The van der Waals surface area contributed by atoms with E-state index in [-0.39, 0.29) is 12.5 Å². The normalized spacial score (nSPS) is 13.7. The van der Waals surface area contributed by atoms with Gasteiger partial charge in [0.25, 0.3) is 0 Å². The highest BCUT2D eigenvalue weighted by Gasteiger charge is 2.17. The van der Waals surface area contributed by atoms with Crippen molar-refractivity contribution in [2.24, 2.45) is 10.8 Å². The fourth-order valence-corrected chi connectivity index (χ4v) is 1.97. The number of nitrogens with two attached hydrogens (primary N) is 1. The third kappa shape index (κ3) is 5.24. The smallest absolute Gasteiger partial charge is 0.126 e. The molecule has 0 amide bonds. The maximum absolute atomic E-state index is 13.1. The number of halogens is 2. The molecule has 1 rings (SSSR count). The lowest BCUT2D eigenvalue weighted by atomic mass is 9.97. The van der Waals surface area contributed by atoms with E-state index in [1.807, 2.05) is 6.92 Å². The first-order valence-electron chi connectivity index (χ1n) is 6.31. The van der Waals surface area contributed by atoms with Crippen molar-refractivity contribution in [3.8, 4) is 0 Å². The van der Waals surface area contributed by atoms with Crippen molar-refractivity contribution in [1.29, 1.82) is 0 Å². The Morgan fingerprint density at radius 2 is 1.95 bits per heavy atom. The van der Waals surface area contributed by atoms with Gasteiger partial charge in [-0.3, -0.25) is 0 Å². The zero-order valence-corrected chi connectivity index (χ0v) is 10.9. The molecule has 1 aromatic rings. The third-order valence-corrected chi connectivity index (χ3v) is 2.94. The van der Waals surface area contributed by atoms with Crippen molar-refractivity contribution in [3.63, 3.8) is 0 Å². The van der Waals surface area contributed by atoms with Crippen LogP contribution < -0.4 is 5.73 Å². The zero-order valence-electron chi connectivity index (χ0n) is 10.9. The van der Waals surface area contributed by atoms with Crippen LogP contribution in [0.4, 0.5) is 8.78 Å². The van der Waals surface area contributed by atoms with Crippen LogP contribution in [0, 0.1) is 11.6 Å². The Hall–Kier alpha value is -1.65. The second-order valence-electron chi connectivity index (χ2n) is 4.56. The molecule has 0 fully saturated rings. The van der Waals surface area contributed by atoms with Gasteiger partial charge < -0.3 is 5.73 Å². The summed E-state index contributed by atoms with van der Waals surface area (Å²) < 4.78 is 26.1. The van der Waals surface area contributed by atoms with Crippen molar-refractivity contribution in [3.05, 3.63) is 45.8 Å². The van der Waals surface area contributed by atoms with E-state index >= 15 is 0 Å². The number of hydrogen-bond acceptors (Lipinski definition) is 2. The lowest BCUT2D eigenvalue weighted by molar-refractivity contribution is 0.473. The Labute approximate surface area is 111 Å². The Balaban J connectivity index is 2.74. The summed E-state index contributed by atoms with van der Waals surface area (Å²) in [5.41, 5.74) is 15.0. The largest absolute Gasteiger partial charge is 0.327 e. The van der Waals surface area contributed by atoms with E-state index in [4.69, 9.17) is 11.3 Å². The van der Waals surface area contributed by atoms with Gasteiger partial charge in [-0.1, -0.05) is 24.9 Å². The van der Waals surface area contributed by atoms with Crippen molar-refractivity contribution in [2.75, 3.05) is 0 Å². The van der Waals surface area contributed by atoms with Gasteiger partial charge in [-0.15, -0.1) is 0 Å². The second-order valence-corrected chi connectivity index (χ2v) is 4.56. The number of unbranched alkanes of at least 4 members (excludes halogenated alkanes) is 1. The van der Waals surface area contributed by atoms with Crippen LogP contribution in [0.2, 0.25) is 0 Å². The first kappa shape index (κ1) is 15.4. The average molecular weight is 268 g/mol. The van der Waals surface area contributed by atoms with E-state index in [0.29, 0.717) is 12.0 Å². The summed E-state index contributed by atoms with van der Waals surface area (Å²) in [7, 11) is 0. The summed E-state index contributed by atoms with van der Waals surface area (Å²) in [5.74, 6) is -1.26. The molecule has 0 aromatic heterocycles. The van der Waals surface area contributed by atoms with Gasteiger partial charge in [0.1, 0.15) is 11.6 Å². The zero-order chi connectivity index (χ0) is 14.3. The molecule has 104 valence electrons. The molecule has 2 atom stereocenters. The summed E-state index contributed by atoms with van der Waals surface area (Å²) in [6, 6.07) is 2.52. The Bertz CT molecular complexity index is 438. The molecule has 19 heavy (non-hydrogen) atoms. The Morgan fingerprint density at radius 1 is 1.32 bits per heavy atom. The first-order chi connectivity index (χ1) is 9.06. The number of nitrogens with zero attached hydrogens (tertiary/aromatic N) is 3. The van der Waals surface area contributed by atoms with Crippen molar-refractivity contribution < 1.29 is 8.78 Å². The molecular weight excluding hydrogens is 250 g/mol. The predicted molar refractivity (Wildman–Crippen MR) is 70.5 cm³/mol. The summed E-state index contributed by atoms with van der Waals surface area (Å²) in [6.07, 6.45) is 2.83. The van der Waals surface area contributed by atoms with Crippen LogP contribution >= 0.6 is 0 Å². The Kier molecular flexibility index (Phi) is 6.25. The molecular formula is C13H18F2N4. The van der Waals surface area contributed by atoms with Crippen LogP contribution in [0.1, 0.15) is 31.7 Å². The topological polar surface area (TPSA) is 74.8 Å². The van der Waals surface area contributed by atoms with Crippen LogP contribution in [0.25, 0.3) is 10.4 Å². The molecule has 0 heterocycles. The summed E-state index contributed by atoms with van der Waals surface area (Å²) >= 11 is 0.